The van der Waals surface area contributed by atoms with Crippen LogP contribution < -0.4 is 5.32 Å². The molecule has 1 aliphatic heterocycles. The van der Waals surface area contributed by atoms with Crippen molar-refractivity contribution in [2.45, 2.75) is 13.3 Å². The second-order valence-electron chi connectivity index (χ2n) is 5.73. The number of carbonyl (C=O) groups is 2. The first-order chi connectivity index (χ1) is 12.6. The smallest absolute Gasteiger partial charge is 0.261 e. The van der Waals surface area contributed by atoms with Crippen LogP contribution in [0.3, 0.4) is 0 Å². The van der Waals surface area contributed by atoms with E-state index < -0.39 is 0 Å². The number of aromatic nitrogens is 4. The molecule has 2 amide bonds. The third-order valence-electron chi connectivity index (χ3n) is 3.93. The number of aryl methyl sites for hydroxylation is 1. The second kappa shape index (κ2) is 6.60. The summed E-state index contributed by atoms with van der Waals surface area (Å²) in [4.78, 5) is 34.1. The number of rotatable bonds is 5. The molecule has 0 unspecified atom stereocenters. The highest BCUT2D eigenvalue weighted by atomic mass is 32.1. The van der Waals surface area contributed by atoms with Gasteiger partial charge in [0, 0.05) is 24.7 Å². The van der Waals surface area contributed by atoms with E-state index in [0.29, 0.717) is 28.5 Å². The summed E-state index contributed by atoms with van der Waals surface area (Å²) in [6, 6.07) is 8.66. The Kier molecular flexibility index (Phi) is 4.13. The van der Waals surface area contributed by atoms with Crippen LogP contribution in [0.25, 0.3) is 0 Å². The van der Waals surface area contributed by atoms with Crippen molar-refractivity contribution in [3.8, 4) is 0 Å². The fourth-order valence-electron chi connectivity index (χ4n) is 2.69. The van der Waals surface area contributed by atoms with Gasteiger partial charge in [-0.25, -0.2) is 9.97 Å². The van der Waals surface area contributed by atoms with Gasteiger partial charge in [0.2, 0.25) is 5.13 Å². The summed E-state index contributed by atoms with van der Waals surface area (Å²) in [7, 11) is 0. The molecule has 0 fully saturated rings. The molecule has 0 radical (unpaired) electrons. The summed E-state index contributed by atoms with van der Waals surface area (Å²) >= 11 is 1.36. The van der Waals surface area contributed by atoms with E-state index in [1.807, 2.05) is 6.92 Å². The van der Waals surface area contributed by atoms with Crippen LogP contribution in [0.15, 0.2) is 36.7 Å². The Bertz CT molecular complexity index is 967. The molecular formula is C17H14N6O2S. The number of fused-ring (bicyclic) bond motifs is 1. The normalized spacial score (nSPS) is 13.2. The number of benzene rings is 1. The maximum atomic E-state index is 12.4. The molecule has 0 bridgehead atoms. The first-order valence-corrected chi connectivity index (χ1v) is 8.77. The van der Waals surface area contributed by atoms with Gasteiger partial charge in [0.25, 0.3) is 11.8 Å². The minimum atomic E-state index is -0.259. The number of amides is 2. The van der Waals surface area contributed by atoms with E-state index in [-0.39, 0.29) is 18.4 Å². The van der Waals surface area contributed by atoms with E-state index in [1.54, 1.807) is 30.3 Å². The minimum Gasteiger partial charge on any atom is -0.315 e. The molecule has 0 saturated heterocycles. The summed E-state index contributed by atoms with van der Waals surface area (Å²) in [5, 5.41) is 12.6. The van der Waals surface area contributed by atoms with Gasteiger partial charge in [0.15, 0.2) is 0 Å². The zero-order valence-corrected chi connectivity index (χ0v) is 14.7. The lowest BCUT2D eigenvalue weighted by Crippen LogP contribution is -2.31. The monoisotopic (exact) mass is 366 g/mol. The molecule has 1 N–H and O–H groups in total. The predicted molar refractivity (Wildman–Crippen MR) is 95.5 cm³/mol. The zero-order chi connectivity index (χ0) is 18.1. The molecule has 3 heterocycles. The molecule has 1 aromatic carbocycles. The van der Waals surface area contributed by atoms with E-state index in [0.717, 1.165) is 10.7 Å². The molecule has 9 heteroatoms. The molecule has 1 aliphatic rings. The maximum Gasteiger partial charge on any atom is 0.261 e. The lowest BCUT2D eigenvalue weighted by molar-refractivity contribution is 0.0656. The standard InChI is InChI=1S/C17H14N6O2S/c1-10-8-13(19-9-18-10)20-17-22-21-14(26-17)6-7-23-15(24)11-4-2-3-5-12(11)16(23)25/h2-5,8-9H,6-7H2,1H3,(H,18,19,20,22). The highest BCUT2D eigenvalue weighted by Gasteiger charge is 2.34. The van der Waals surface area contributed by atoms with Crippen LogP contribution >= 0.6 is 11.3 Å². The molecule has 0 saturated carbocycles. The number of nitrogens with one attached hydrogen (secondary N) is 1. The van der Waals surface area contributed by atoms with Gasteiger partial charge in [-0.05, 0) is 19.1 Å². The Balaban J connectivity index is 1.41. The topological polar surface area (TPSA) is 101 Å². The lowest BCUT2D eigenvalue weighted by atomic mass is 10.1. The second-order valence-corrected chi connectivity index (χ2v) is 6.79. The van der Waals surface area contributed by atoms with Crippen LogP contribution in [-0.4, -0.2) is 43.4 Å². The number of nitrogens with zero attached hydrogens (tertiary/aromatic N) is 5. The van der Waals surface area contributed by atoms with Crippen molar-refractivity contribution >= 4 is 34.1 Å². The Morgan fingerprint density at radius 1 is 1.08 bits per heavy atom. The van der Waals surface area contributed by atoms with Gasteiger partial charge in [-0.1, -0.05) is 23.5 Å². The first-order valence-electron chi connectivity index (χ1n) is 7.95. The number of hydrogen-bond acceptors (Lipinski definition) is 8. The summed E-state index contributed by atoms with van der Waals surface area (Å²) in [5.41, 5.74) is 1.75. The fourth-order valence-corrected chi connectivity index (χ4v) is 3.42. The van der Waals surface area contributed by atoms with E-state index in [2.05, 4.69) is 25.5 Å². The van der Waals surface area contributed by atoms with Crippen molar-refractivity contribution in [1.29, 1.82) is 0 Å². The Hall–Kier alpha value is -3.20. The van der Waals surface area contributed by atoms with Gasteiger partial charge < -0.3 is 5.32 Å². The van der Waals surface area contributed by atoms with Crippen LogP contribution in [0.2, 0.25) is 0 Å². The van der Waals surface area contributed by atoms with Crippen LogP contribution in [0.1, 0.15) is 31.4 Å². The molecule has 0 atom stereocenters. The molecule has 8 nitrogen and oxygen atoms in total. The molecule has 130 valence electrons. The number of carbonyl (C=O) groups excluding carboxylic acids is 2. The van der Waals surface area contributed by atoms with Gasteiger partial charge in [0.1, 0.15) is 17.2 Å². The van der Waals surface area contributed by atoms with Gasteiger partial charge in [-0.15, -0.1) is 10.2 Å². The third-order valence-corrected chi connectivity index (χ3v) is 4.83. The van der Waals surface area contributed by atoms with Gasteiger partial charge in [-0.3, -0.25) is 14.5 Å². The Morgan fingerprint density at radius 3 is 2.50 bits per heavy atom. The van der Waals surface area contributed by atoms with Crippen molar-refractivity contribution in [1.82, 2.24) is 25.1 Å². The van der Waals surface area contributed by atoms with Gasteiger partial charge >= 0.3 is 0 Å². The van der Waals surface area contributed by atoms with E-state index >= 15 is 0 Å². The van der Waals surface area contributed by atoms with E-state index in [4.69, 9.17) is 0 Å². The molecule has 3 aromatic rings. The van der Waals surface area contributed by atoms with Crippen LogP contribution in [0.4, 0.5) is 10.9 Å². The molecule has 0 spiro atoms. The van der Waals surface area contributed by atoms with Gasteiger partial charge in [-0.2, -0.15) is 0 Å². The summed E-state index contributed by atoms with van der Waals surface area (Å²) < 4.78 is 0. The van der Waals surface area contributed by atoms with Crippen molar-refractivity contribution in [2.75, 3.05) is 11.9 Å². The van der Waals surface area contributed by atoms with Crippen molar-refractivity contribution in [3.05, 3.63) is 58.5 Å². The lowest BCUT2D eigenvalue weighted by Gasteiger charge is -2.12. The van der Waals surface area contributed by atoms with Crippen molar-refractivity contribution in [2.24, 2.45) is 0 Å². The molecule has 0 aliphatic carbocycles. The van der Waals surface area contributed by atoms with E-state index in [1.165, 1.54) is 22.6 Å². The molecule has 26 heavy (non-hydrogen) atoms. The van der Waals surface area contributed by atoms with E-state index in [9.17, 15) is 9.59 Å². The quantitative estimate of drug-likeness (QED) is 0.691. The number of anilines is 2. The summed E-state index contributed by atoms with van der Waals surface area (Å²) in [5.74, 6) is 0.121. The molecule has 2 aromatic heterocycles. The third kappa shape index (κ3) is 3.04. The van der Waals surface area contributed by atoms with Crippen LogP contribution in [0, 0.1) is 6.92 Å². The summed E-state index contributed by atoms with van der Waals surface area (Å²) in [6.45, 7) is 2.15. The maximum absolute atomic E-state index is 12.4. The Morgan fingerprint density at radius 2 is 1.81 bits per heavy atom. The molecule has 4 rings (SSSR count). The minimum absolute atomic E-state index is 0.259. The molecular weight excluding hydrogens is 352 g/mol. The first kappa shape index (κ1) is 16.3. The van der Waals surface area contributed by atoms with Crippen LogP contribution in [0.5, 0.6) is 0 Å². The van der Waals surface area contributed by atoms with Crippen molar-refractivity contribution < 1.29 is 9.59 Å². The zero-order valence-electron chi connectivity index (χ0n) is 13.8. The average molecular weight is 366 g/mol. The van der Waals surface area contributed by atoms with Crippen LogP contribution in [-0.2, 0) is 6.42 Å². The fraction of sp³-hybridized carbons (Fsp3) is 0.176. The SMILES string of the molecule is Cc1cc(Nc2nnc(CCN3C(=O)c4ccccc4C3=O)s2)ncn1. The van der Waals surface area contributed by atoms with Crippen molar-refractivity contribution in [3.63, 3.8) is 0 Å². The van der Waals surface area contributed by atoms with Gasteiger partial charge in [0.05, 0.1) is 11.1 Å². The number of imide groups is 1. The highest BCUT2D eigenvalue weighted by molar-refractivity contribution is 7.15. The number of hydrogen-bond donors (Lipinski definition) is 1. The highest BCUT2D eigenvalue weighted by Crippen LogP contribution is 2.24. The largest absolute Gasteiger partial charge is 0.315 e. The predicted octanol–water partition coefficient (Wildman–Crippen LogP) is 2.22. The Labute approximate surface area is 152 Å². The summed E-state index contributed by atoms with van der Waals surface area (Å²) in [6.07, 6.45) is 1.93. The average Bonchev–Trinajstić information content (AvgIpc) is 3.17.